The SMILES string of the molecule is CN1CCC[C@H]1c1cncc(B2OC(C)(C)C(C)(C)O2)c1.CN1CCC[C@H]1c1cncc(O)c1. The molecule has 0 saturated carbocycles. The maximum absolute atomic E-state index is 9.28. The molecule has 0 amide bonds. The molecule has 3 saturated heterocycles. The van der Waals surface area contributed by atoms with Crippen LogP contribution in [0.4, 0.5) is 0 Å². The molecule has 0 bridgehead atoms. The van der Waals surface area contributed by atoms with Crippen LogP contribution in [0.5, 0.6) is 5.75 Å². The van der Waals surface area contributed by atoms with Crippen molar-refractivity contribution in [2.24, 2.45) is 0 Å². The van der Waals surface area contributed by atoms with Gasteiger partial charge in [-0.2, -0.15) is 0 Å². The highest BCUT2D eigenvalue weighted by Gasteiger charge is 2.51. The van der Waals surface area contributed by atoms with Crippen molar-refractivity contribution in [1.29, 1.82) is 0 Å². The van der Waals surface area contributed by atoms with Gasteiger partial charge in [-0.25, -0.2) is 0 Å². The Morgan fingerprint density at radius 2 is 1.32 bits per heavy atom. The summed E-state index contributed by atoms with van der Waals surface area (Å²) in [5.74, 6) is 0.262. The van der Waals surface area contributed by atoms with Gasteiger partial charge >= 0.3 is 7.12 Å². The third-order valence-electron chi connectivity index (χ3n) is 7.86. The van der Waals surface area contributed by atoms with Crippen LogP contribution in [0.15, 0.2) is 36.9 Å². The lowest BCUT2D eigenvalue weighted by atomic mass is 9.79. The van der Waals surface area contributed by atoms with Crippen LogP contribution in [0.1, 0.15) is 76.6 Å². The van der Waals surface area contributed by atoms with Gasteiger partial charge in [0.25, 0.3) is 0 Å². The molecule has 184 valence electrons. The van der Waals surface area contributed by atoms with Crippen molar-refractivity contribution in [2.75, 3.05) is 27.2 Å². The van der Waals surface area contributed by atoms with Gasteiger partial charge in [-0.15, -0.1) is 0 Å². The number of pyridine rings is 2. The molecule has 0 spiro atoms. The van der Waals surface area contributed by atoms with Gasteiger partial charge in [-0.1, -0.05) is 6.07 Å². The minimum absolute atomic E-state index is 0.262. The summed E-state index contributed by atoms with van der Waals surface area (Å²) in [5.41, 5.74) is 2.80. The number of hydrogen-bond donors (Lipinski definition) is 1. The molecule has 3 aliphatic rings. The summed E-state index contributed by atoms with van der Waals surface area (Å²) in [5, 5.41) is 9.28. The Bertz CT molecular complexity index is 970. The molecule has 8 heteroatoms. The van der Waals surface area contributed by atoms with E-state index in [9.17, 15) is 5.11 Å². The molecule has 3 aliphatic heterocycles. The van der Waals surface area contributed by atoms with Crippen LogP contribution in [-0.2, 0) is 9.31 Å². The standard InChI is InChI=1S/C16H25BN2O2.C10H14N2O/c1-15(2)16(3,4)21-17(20-15)13-9-12(10-18-11-13)14-7-6-8-19(14)5;1-12-4-2-3-10(12)8-5-9(13)7-11-6-8/h9-11,14H,6-8H2,1-5H3;5-7,10,13H,2-4H2,1H3/t14-;10-/m00/s1. The van der Waals surface area contributed by atoms with Crippen LogP contribution in [0.25, 0.3) is 0 Å². The first-order valence-corrected chi connectivity index (χ1v) is 12.4. The van der Waals surface area contributed by atoms with Crippen molar-refractivity contribution in [2.45, 2.75) is 76.7 Å². The van der Waals surface area contributed by atoms with Gasteiger partial charge in [0.05, 0.1) is 17.4 Å². The van der Waals surface area contributed by atoms with Crippen LogP contribution in [0.2, 0.25) is 0 Å². The first-order valence-electron chi connectivity index (χ1n) is 12.4. The summed E-state index contributed by atoms with van der Waals surface area (Å²) in [6.45, 7) is 10.6. The molecule has 5 rings (SSSR count). The molecule has 0 aliphatic carbocycles. The van der Waals surface area contributed by atoms with Crippen LogP contribution in [0.3, 0.4) is 0 Å². The molecule has 0 radical (unpaired) electrons. The predicted molar refractivity (Wildman–Crippen MR) is 135 cm³/mol. The Balaban J connectivity index is 0.000000180. The lowest BCUT2D eigenvalue weighted by Gasteiger charge is -2.32. The van der Waals surface area contributed by atoms with Crippen molar-refractivity contribution in [3.8, 4) is 5.75 Å². The Hall–Kier alpha value is -2.00. The molecular formula is C26H39BN4O3. The van der Waals surface area contributed by atoms with Crippen LogP contribution < -0.4 is 5.46 Å². The second kappa shape index (κ2) is 9.94. The van der Waals surface area contributed by atoms with Crippen molar-refractivity contribution < 1.29 is 14.4 Å². The molecule has 34 heavy (non-hydrogen) atoms. The van der Waals surface area contributed by atoms with E-state index in [0.717, 1.165) is 24.1 Å². The van der Waals surface area contributed by atoms with Gasteiger partial charge < -0.3 is 14.4 Å². The van der Waals surface area contributed by atoms with E-state index < -0.39 is 0 Å². The second-order valence-electron chi connectivity index (χ2n) is 10.9. The first-order chi connectivity index (χ1) is 16.1. The van der Waals surface area contributed by atoms with E-state index in [1.807, 2.05) is 18.6 Å². The Morgan fingerprint density at radius 3 is 1.79 bits per heavy atom. The number of rotatable bonds is 3. The third-order valence-corrected chi connectivity index (χ3v) is 7.86. The van der Waals surface area contributed by atoms with Crippen molar-refractivity contribution >= 4 is 12.6 Å². The summed E-state index contributed by atoms with van der Waals surface area (Å²) in [4.78, 5) is 13.1. The summed E-state index contributed by atoms with van der Waals surface area (Å²) >= 11 is 0. The van der Waals surface area contributed by atoms with E-state index in [0.29, 0.717) is 12.1 Å². The zero-order valence-corrected chi connectivity index (χ0v) is 21.5. The highest BCUT2D eigenvalue weighted by molar-refractivity contribution is 6.62. The lowest BCUT2D eigenvalue weighted by Crippen LogP contribution is -2.41. The third kappa shape index (κ3) is 5.30. The highest BCUT2D eigenvalue weighted by Crippen LogP contribution is 2.37. The molecule has 3 fully saturated rings. The summed E-state index contributed by atoms with van der Waals surface area (Å²) in [7, 11) is 3.97. The van der Waals surface area contributed by atoms with E-state index in [-0.39, 0.29) is 24.1 Å². The van der Waals surface area contributed by atoms with Crippen LogP contribution in [0, 0.1) is 0 Å². The van der Waals surface area contributed by atoms with Crippen LogP contribution in [-0.4, -0.2) is 70.4 Å². The molecule has 2 atom stereocenters. The number of hydrogen-bond acceptors (Lipinski definition) is 7. The number of aromatic hydroxyl groups is 1. The van der Waals surface area contributed by atoms with Gasteiger partial charge in [0.1, 0.15) is 5.75 Å². The summed E-state index contributed by atoms with van der Waals surface area (Å²) < 4.78 is 12.2. The fourth-order valence-corrected chi connectivity index (χ4v) is 5.06. The van der Waals surface area contributed by atoms with Gasteiger partial charge in [0, 0.05) is 36.1 Å². The lowest BCUT2D eigenvalue weighted by molar-refractivity contribution is 0.00578. The monoisotopic (exact) mass is 466 g/mol. The molecule has 0 aromatic carbocycles. The van der Waals surface area contributed by atoms with E-state index >= 15 is 0 Å². The normalized spacial score (nSPS) is 26.5. The van der Waals surface area contributed by atoms with Gasteiger partial charge in [0.15, 0.2) is 0 Å². The number of aromatic nitrogens is 2. The average molecular weight is 466 g/mol. The Morgan fingerprint density at radius 1 is 0.824 bits per heavy atom. The zero-order chi connectivity index (χ0) is 24.5. The Kier molecular flexibility index (Phi) is 7.34. The van der Waals surface area contributed by atoms with E-state index in [1.165, 1.54) is 37.4 Å². The number of nitrogens with zero attached hydrogens (tertiary/aromatic N) is 4. The summed E-state index contributed by atoms with van der Waals surface area (Å²) in [6, 6.07) is 4.92. The molecule has 2 aromatic rings. The summed E-state index contributed by atoms with van der Waals surface area (Å²) in [6.07, 6.45) is 12.0. The first kappa shape index (κ1) is 25.1. The van der Waals surface area contributed by atoms with E-state index in [1.54, 1.807) is 6.07 Å². The Labute approximate surface area is 204 Å². The fourth-order valence-electron chi connectivity index (χ4n) is 5.06. The predicted octanol–water partition coefficient (Wildman–Crippen LogP) is 3.70. The minimum Gasteiger partial charge on any atom is -0.506 e. The number of likely N-dealkylation sites (tertiary alicyclic amines) is 2. The highest BCUT2D eigenvalue weighted by atomic mass is 16.7. The molecule has 7 nitrogen and oxygen atoms in total. The largest absolute Gasteiger partial charge is 0.506 e. The van der Waals surface area contributed by atoms with Crippen LogP contribution >= 0.6 is 0 Å². The quantitative estimate of drug-likeness (QED) is 0.692. The topological polar surface area (TPSA) is 71.0 Å². The molecule has 5 heterocycles. The van der Waals surface area contributed by atoms with Crippen molar-refractivity contribution in [3.63, 3.8) is 0 Å². The zero-order valence-electron chi connectivity index (χ0n) is 21.5. The second-order valence-corrected chi connectivity index (χ2v) is 10.9. The fraction of sp³-hybridized carbons (Fsp3) is 0.615. The average Bonchev–Trinajstić information content (AvgIpc) is 3.46. The molecule has 2 aromatic heterocycles. The van der Waals surface area contributed by atoms with E-state index in [4.69, 9.17) is 9.31 Å². The maximum atomic E-state index is 9.28. The van der Waals surface area contributed by atoms with Crippen molar-refractivity contribution in [3.05, 3.63) is 48.0 Å². The van der Waals surface area contributed by atoms with E-state index in [2.05, 4.69) is 67.6 Å². The molecule has 0 unspecified atom stereocenters. The van der Waals surface area contributed by atoms with Crippen molar-refractivity contribution in [1.82, 2.24) is 19.8 Å². The maximum Gasteiger partial charge on any atom is 0.496 e. The molecular weight excluding hydrogens is 427 g/mol. The minimum atomic E-state index is -0.325. The van der Waals surface area contributed by atoms with Gasteiger partial charge in [-0.3, -0.25) is 19.8 Å². The van der Waals surface area contributed by atoms with Gasteiger partial charge in [-0.05, 0) is 97.8 Å². The molecule has 1 N–H and O–H groups in total. The smallest absolute Gasteiger partial charge is 0.496 e. The van der Waals surface area contributed by atoms with Gasteiger partial charge in [0.2, 0.25) is 0 Å².